The molecule has 0 radical (unpaired) electrons. The Labute approximate surface area is 127 Å². The maximum atomic E-state index is 13.0. The Hall–Kier alpha value is -2.01. The average molecular weight is 308 g/mol. The minimum Gasteiger partial charge on any atom is -0.331 e. The largest absolute Gasteiger partial charge is 0.331 e. The van der Waals surface area contributed by atoms with E-state index in [0.717, 1.165) is 5.56 Å². The Morgan fingerprint density at radius 2 is 2.00 bits per heavy atom. The fourth-order valence-corrected chi connectivity index (χ4v) is 2.25. The lowest BCUT2D eigenvalue weighted by atomic mass is 10.1. The van der Waals surface area contributed by atoms with Crippen LogP contribution in [0.4, 0.5) is 4.39 Å². The number of halogens is 2. The molecule has 1 aromatic heterocycles. The van der Waals surface area contributed by atoms with E-state index in [-0.39, 0.29) is 28.6 Å². The lowest BCUT2D eigenvalue weighted by Crippen LogP contribution is -2.34. The van der Waals surface area contributed by atoms with E-state index in [9.17, 15) is 9.18 Å². The van der Waals surface area contributed by atoms with Crippen LogP contribution in [0, 0.1) is 5.82 Å². The van der Waals surface area contributed by atoms with Crippen molar-refractivity contribution in [2.75, 3.05) is 6.54 Å². The van der Waals surface area contributed by atoms with E-state index in [0.29, 0.717) is 6.54 Å². The fraction of sp³-hybridized carbons (Fsp3) is 0.267. The van der Waals surface area contributed by atoms with Gasteiger partial charge in [-0.25, -0.2) is 9.37 Å². The molecular formula is C15H15ClFN3O. The van der Waals surface area contributed by atoms with Crippen LogP contribution in [0.15, 0.2) is 36.7 Å². The van der Waals surface area contributed by atoms with Crippen LogP contribution in [0.5, 0.6) is 0 Å². The molecule has 1 atom stereocenters. The minimum atomic E-state index is -0.305. The van der Waals surface area contributed by atoms with Crippen molar-refractivity contribution in [2.24, 2.45) is 0 Å². The highest BCUT2D eigenvalue weighted by Crippen LogP contribution is 2.22. The van der Waals surface area contributed by atoms with Gasteiger partial charge in [-0.05, 0) is 31.5 Å². The first-order valence-corrected chi connectivity index (χ1v) is 6.94. The molecule has 2 rings (SSSR count). The van der Waals surface area contributed by atoms with E-state index in [1.165, 1.54) is 24.5 Å². The van der Waals surface area contributed by atoms with E-state index in [1.807, 2.05) is 13.8 Å². The van der Waals surface area contributed by atoms with Gasteiger partial charge in [0.2, 0.25) is 0 Å². The highest BCUT2D eigenvalue weighted by molar-refractivity contribution is 6.29. The van der Waals surface area contributed by atoms with Gasteiger partial charge < -0.3 is 4.90 Å². The van der Waals surface area contributed by atoms with Gasteiger partial charge in [0, 0.05) is 6.54 Å². The van der Waals surface area contributed by atoms with Gasteiger partial charge in [0.25, 0.3) is 5.91 Å². The first kappa shape index (κ1) is 15.4. The van der Waals surface area contributed by atoms with Gasteiger partial charge in [-0.1, -0.05) is 23.7 Å². The van der Waals surface area contributed by atoms with Crippen molar-refractivity contribution in [3.8, 4) is 0 Å². The number of hydrogen-bond donors (Lipinski definition) is 0. The van der Waals surface area contributed by atoms with Crippen LogP contribution < -0.4 is 0 Å². The SMILES string of the molecule is CCN(C(=O)c1cncc(Cl)n1)C(C)c1ccc(F)cc1. The van der Waals surface area contributed by atoms with Gasteiger partial charge in [0.15, 0.2) is 0 Å². The number of nitrogens with zero attached hydrogens (tertiary/aromatic N) is 3. The zero-order valence-corrected chi connectivity index (χ0v) is 12.5. The standard InChI is InChI=1S/C15H15ClFN3O/c1-3-20(10(2)11-4-6-12(17)7-5-11)15(21)13-8-18-9-14(16)19-13/h4-10H,3H2,1-2H3. The van der Waals surface area contributed by atoms with Crippen molar-refractivity contribution in [1.82, 2.24) is 14.9 Å². The second-order valence-corrected chi connectivity index (χ2v) is 4.93. The number of hydrogen-bond acceptors (Lipinski definition) is 3. The molecule has 21 heavy (non-hydrogen) atoms. The van der Waals surface area contributed by atoms with Crippen LogP contribution in [0.25, 0.3) is 0 Å². The van der Waals surface area contributed by atoms with Crippen molar-refractivity contribution in [2.45, 2.75) is 19.9 Å². The van der Waals surface area contributed by atoms with Gasteiger partial charge in [0.05, 0.1) is 18.4 Å². The van der Waals surface area contributed by atoms with Crippen molar-refractivity contribution in [1.29, 1.82) is 0 Å². The molecule has 0 aliphatic rings. The van der Waals surface area contributed by atoms with Crippen molar-refractivity contribution < 1.29 is 9.18 Å². The summed E-state index contributed by atoms with van der Waals surface area (Å²) in [6.45, 7) is 4.24. The summed E-state index contributed by atoms with van der Waals surface area (Å²) < 4.78 is 13.0. The predicted molar refractivity (Wildman–Crippen MR) is 78.6 cm³/mol. The highest BCUT2D eigenvalue weighted by atomic mass is 35.5. The molecule has 1 unspecified atom stereocenters. The van der Waals surface area contributed by atoms with E-state index < -0.39 is 0 Å². The van der Waals surface area contributed by atoms with Crippen molar-refractivity contribution >= 4 is 17.5 Å². The first-order valence-electron chi connectivity index (χ1n) is 6.57. The van der Waals surface area contributed by atoms with E-state index >= 15 is 0 Å². The maximum Gasteiger partial charge on any atom is 0.274 e. The van der Waals surface area contributed by atoms with E-state index in [2.05, 4.69) is 9.97 Å². The summed E-state index contributed by atoms with van der Waals surface area (Å²) in [6, 6.07) is 5.88. The highest BCUT2D eigenvalue weighted by Gasteiger charge is 2.22. The Bertz CT molecular complexity index is 633. The molecule has 2 aromatic rings. The minimum absolute atomic E-state index is 0.173. The molecule has 1 amide bonds. The third kappa shape index (κ3) is 3.55. The molecule has 6 heteroatoms. The summed E-state index contributed by atoms with van der Waals surface area (Å²) in [7, 11) is 0. The Morgan fingerprint density at radius 3 is 2.57 bits per heavy atom. The van der Waals surface area contributed by atoms with Crippen LogP contribution in [-0.4, -0.2) is 27.3 Å². The summed E-state index contributed by atoms with van der Waals surface area (Å²) >= 11 is 5.76. The summed E-state index contributed by atoms with van der Waals surface area (Å²) in [4.78, 5) is 22.0. The van der Waals surface area contributed by atoms with Crippen LogP contribution in [0.1, 0.15) is 35.9 Å². The summed E-state index contributed by atoms with van der Waals surface area (Å²) in [5, 5.41) is 0.173. The van der Waals surface area contributed by atoms with Crippen LogP contribution in [0.3, 0.4) is 0 Å². The predicted octanol–water partition coefficient (Wildman–Crippen LogP) is 3.49. The number of benzene rings is 1. The zero-order valence-electron chi connectivity index (χ0n) is 11.8. The van der Waals surface area contributed by atoms with Crippen molar-refractivity contribution in [3.63, 3.8) is 0 Å². The molecule has 0 saturated heterocycles. The number of aromatic nitrogens is 2. The van der Waals surface area contributed by atoms with E-state index in [4.69, 9.17) is 11.6 Å². The Kier molecular flexibility index (Phi) is 4.85. The second kappa shape index (κ2) is 6.63. The molecular weight excluding hydrogens is 293 g/mol. The molecule has 110 valence electrons. The maximum absolute atomic E-state index is 13.0. The molecule has 1 aromatic carbocycles. The summed E-state index contributed by atoms with van der Waals surface area (Å²) in [6.07, 6.45) is 2.76. The van der Waals surface area contributed by atoms with E-state index in [1.54, 1.807) is 17.0 Å². The second-order valence-electron chi connectivity index (χ2n) is 4.55. The molecule has 0 fully saturated rings. The molecule has 0 aliphatic heterocycles. The monoisotopic (exact) mass is 307 g/mol. The molecule has 1 heterocycles. The molecule has 0 bridgehead atoms. The number of carbonyl (C=O) groups is 1. The lowest BCUT2D eigenvalue weighted by molar-refractivity contribution is 0.0695. The number of carbonyl (C=O) groups excluding carboxylic acids is 1. The molecule has 4 nitrogen and oxygen atoms in total. The smallest absolute Gasteiger partial charge is 0.274 e. The molecule has 0 spiro atoms. The zero-order chi connectivity index (χ0) is 15.4. The van der Waals surface area contributed by atoms with Crippen LogP contribution in [-0.2, 0) is 0 Å². The van der Waals surface area contributed by atoms with Crippen LogP contribution >= 0.6 is 11.6 Å². The van der Waals surface area contributed by atoms with Gasteiger partial charge in [-0.3, -0.25) is 9.78 Å². The summed E-state index contributed by atoms with van der Waals surface area (Å²) in [5.74, 6) is -0.564. The van der Waals surface area contributed by atoms with Crippen molar-refractivity contribution in [3.05, 3.63) is 58.9 Å². The normalized spacial score (nSPS) is 12.0. The lowest BCUT2D eigenvalue weighted by Gasteiger charge is -2.28. The van der Waals surface area contributed by atoms with Gasteiger partial charge in [-0.2, -0.15) is 0 Å². The molecule has 0 saturated carbocycles. The van der Waals surface area contributed by atoms with Gasteiger partial charge in [0.1, 0.15) is 16.7 Å². The van der Waals surface area contributed by atoms with Gasteiger partial charge >= 0.3 is 0 Å². The molecule has 0 aliphatic carbocycles. The fourth-order valence-electron chi connectivity index (χ4n) is 2.11. The average Bonchev–Trinajstić information content (AvgIpc) is 2.48. The number of rotatable bonds is 4. The summed E-state index contributed by atoms with van der Waals surface area (Å²) in [5.41, 5.74) is 1.04. The third-order valence-electron chi connectivity index (χ3n) is 3.25. The van der Waals surface area contributed by atoms with Gasteiger partial charge in [-0.15, -0.1) is 0 Å². The first-order chi connectivity index (χ1) is 10.0. The number of amides is 1. The molecule has 0 N–H and O–H groups in total. The Morgan fingerprint density at radius 1 is 1.33 bits per heavy atom. The van der Waals surface area contributed by atoms with Crippen LogP contribution in [0.2, 0.25) is 5.15 Å². The third-order valence-corrected chi connectivity index (χ3v) is 3.43. The quantitative estimate of drug-likeness (QED) is 0.868. The Balaban J connectivity index is 2.26. The topological polar surface area (TPSA) is 46.1 Å².